The Bertz CT molecular complexity index is 392. The predicted octanol–water partition coefficient (Wildman–Crippen LogP) is 3.30. The smallest absolute Gasteiger partial charge is 0.140 e. The van der Waals surface area contributed by atoms with Crippen molar-refractivity contribution in [2.45, 2.75) is 19.8 Å². The van der Waals surface area contributed by atoms with E-state index in [9.17, 15) is 0 Å². The molecule has 0 aromatic heterocycles. The number of benzene rings is 1. The van der Waals surface area contributed by atoms with Crippen LogP contribution in [0.15, 0.2) is 41.1 Å². The first-order chi connectivity index (χ1) is 7.90. The summed E-state index contributed by atoms with van der Waals surface area (Å²) in [5.74, 6) is 0.936. The summed E-state index contributed by atoms with van der Waals surface area (Å²) in [5.41, 5.74) is 2.28. The molecule has 0 spiro atoms. The van der Waals surface area contributed by atoms with E-state index in [1.54, 1.807) is 0 Å². The minimum absolute atomic E-state index is 0.692. The molecule has 1 heterocycles. The van der Waals surface area contributed by atoms with E-state index in [-0.39, 0.29) is 0 Å². The van der Waals surface area contributed by atoms with E-state index in [1.165, 1.54) is 5.56 Å². The molecule has 1 aliphatic rings. The topological polar surface area (TPSA) is 21.6 Å². The van der Waals surface area contributed by atoms with Crippen molar-refractivity contribution in [2.75, 3.05) is 13.2 Å². The lowest BCUT2D eigenvalue weighted by atomic mass is 10.1. The molecule has 0 aliphatic carbocycles. The average molecular weight is 215 g/mol. The maximum atomic E-state index is 5.66. The van der Waals surface area contributed by atoms with E-state index in [4.69, 9.17) is 4.74 Å². The van der Waals surface area contributed by atoms with Crippen LogP contribution in [0.4, 0.5) is 0 Å². The molecule has 0 bridgehead atoms. The summed E-state index contributed by atoms with van der Waals surface area (Å²) in [6.45, 7) is 3.64. The third kappa shape index (κ3) is 2.72. The minimum Gasteiger partial charge on any atom is -0.492 e. The van der Waals surface area contributed by atoms with E-state index in [2.05, 4.69) is 23.2 Å². The Morgan fingerprint density at radius 1 is 1.38 bits per heavy atom. The summed E-state index contributed by atoms with van der Waals surface area (Å²) in [6, 6.07) is 10.2. The van der Waals surface area contributed by atoms with Gasteiger partial charge in [-0.05, 0) is 31.4 Å². The van der Waals surface area contributed by atoms with E-state index >= 15 is 0 Å². The fourth-order valence-electron chi connectivity index (χ4n) is 1.81. The van der Waals surface area contributed by atoms with Gasteiger partial charge in [0, 0.05) is 6.54 Å². The van der Waals surface area contributed by atoms with Crippen LogP contribution in [0, 0.1) is 0 Å². The normalized spacial score (nSPS) is 16.1. The Kier molecular flexibility index (Phi) is 3.76. The van der Waals surface area contributed by atoms with Crippen molar-refractivity contribution in [2.24, 2.45) is 4.99 Å². The van der Waals surface area contributed by atoms with E-state index in [0.717, 1.165) is 30.9 Å². The van der Waals surface area contributed by atoms with E-state index in [0.29, 0.717) is 6.61 Å². The van der Waals surface area contributed by atoms with Gasteiger partial charge in [0.1, 0.15) is 5.76 Å². The van der Waals surface area contributed by atoms with Crippen LogP contribution < -0.4 is 0 Å². The quantitative estimate of drug-likeness (QED) is 0.706. The molecule has 0 atom stereocenters. The highest BCUT2D eigenvalue weighted by atomic mass is 16.5. The summed E-state index contributed by atoms with van der Waals surface area (Å²) in [6.07, 6.45) is 4.26. The minimum atomic E-state index is 0.692. The van der Waals surface area contributed by atoms with E-state index < -0.39 is 0 Å². The zero-order valence-corrected chi connectivity index (χ0v) is 9.65. The third-order valence-electron chi connectivity index (χ3n) is 2.56. The van der Waals surface area contributed by atoms with Crippen LogP contribution in [0.5, 0.6) is 0 Å². The van der Waals surface area contributed by atoms with Crippen LogP contribution in [0.2, 0.25) is 0 Å². The molecule has 0 fully saturated rings. The summed E-state index contributed by atoms with van der Waals surface area (Å²) in [7, 11) is 0. The lowest BCUT2D eigenvalue weighted by molar-refractivity contribution is 0.252. The summed E-state index contributed by atoms with van der Waals surface area (Å²) in [5, 5.41) is 0. The molecule has 2 heteroatoms. The van der Waals surface area contributed by atoms with Crippen LogP contribution in [0.3, 0.4) is 0 Å². The van der Waals surface area contributed by atoms with Gasteiger partial charge in [0.2, 0.25) is 0 Å². The van der Waals surface area contributed by atoms with Crippen LogP contribution in [0.1, 0.15) is 25.3 Å². The van der Waals surface area contributed by atoms with Gasteiger partial charge < -0.3 is 4.74 Å². The number of hydrogen-bond acceptors (Lipinski definition) is 2. The number of aliphatic imine (C=N–C) groups is 1. The van der Waals surface area contributed by atoms with Gasteiger partial charge in [-0.3, -0.25) is 4.99 Å². The highest BCUT2D eigenvalue weighted by Gasteiger charge is 2.12. The second kappa shape index (κ2) is 5.50. The number of allylic oxidation sites excluding steroid dienone is 1. The molecule has 0 unspecified atom stereocenters. The zero-order valence-electron chi connectivity index (χ0n) is 9.65. The standard InChI is InChI=1S/C14H17NO/c1-2-16-14(13-9-6-10-15-13)11-12-7-4-3-5-8-12/h3-5,7-8,11H,2,6,9-10H2,1H3. The molecular formula is C14H17NO. The first-order valence-corrected chi connectivity index (χ1v) is 5.83. The summed E-state index contributed by atoms with van der Waals surface area (Å²) >= 11 is 0. The van der Waals surface area contributed by atoms with Gasteiger partial charge in [-0.25, -0.2) is 0 Å². The Morgan fingerprint density at radius 2 is 2.19 bits per heavy atom. The molecule has 0 amide bonds. The highest BCUT2D eigenvalue weighted by molar-refractivity contribution is 6.02. The molecule has 84 valence electrons. The van der Waals surface area contributed by atoms with Crippen LogP contribution in [0.25, 0.3) is 6.08 Å². The van der Waals surface area contributed by atoms with Gasteiger partial charge in [0.15, 0.2) is 0 Å². The molecule has 0 saturated heterocycles. The second-order valence-electron chi connectivity index (χ2n) is 3.78. The monoisotopic (exact) mass is 215 g/mol. The van der Waals surface area contributed by atoms with Gasteiger partial charge in [-0.15, -0.1) is 0 Å². The first kappa shape index (κ1) is 10.9. The van der Waals surface area contributed by atoms with Gasteiger partial charge in [0.25, 0.3) is 0 Å². The van der Waals surface area contributed by atoms with Gasteiger partial charge in [-0.2, -0.15) is 0 Å². The van der Waals surface area contributed by atoms with Crippen molar-refractivity contribution in [1.29, 1.82) is 0 Å². The number of hydrogen-bond donors (Lipinski definition) is 0. The van der Waals surface area contributed by atoms with Crippen LogP contribution in [-0.2, 0) is 4.74 Å². The summed E-state index contributed by atoms with van der Waals surface area (Å²) < 4.78 is 5.66. The number of nitrogens with zero attached hydrogens (tertiary/aromatic N) is 1. The predicted molar refractivity (Wildman–Crippen MR) is 67.6 cm³/mol. The average Bonchev–Trinajstić information content (AvgIpc) is 2.83. The Morgan fingerprint density at radius 3 is 2.81 bits per heavy atom. The largest absolute Gasteiger partial charge is 0.492 e. The molecule has 2 rings (SSSR count). The van der Waals surface area contributed by atoms with Crippen LogP contribution >= 0.6 is 0 Å². The van der Waals surface area contributed by atoms with Gasteiger partial charge in [-0.1, -0.05) is 30.3 Å². The van der Waals surface area contributed by atoms with E-state index in [1.807, 2.05) is 25.1 Å². The van der Waals surface area contributed by atoms with Crippen molar-refractivity contribution >= 4 is 11.8 Å². The van der Waals surface area contributed by atoms with Crippen LogP contribution in [-0.4, -0.2) is 18.9 Å². The Hall–Kier alpha value is -1.57. The van der Waals surface area contributed by atoms with Crippen molar-refractivity contribution in [3.05, 3.63) is 41.7 Å². The number of ether oxygens (including phenoxy) is 1. The molecule has 1 aliphatic heterocycles. The molecule has 2 nitrogen and oxygen atoms in total. The molecule has 0 radical (unpaired) electrons. The van der Waals surface area contributed by atoms with Crippen molar-refractivity contribution in [1.82, 2.24) is 0 Å². The molecule has 1 aromatic carbocycles. The van der Waals surface area contributed by atoms with Crippen molar-refractivity contribution in [3.63, 3.8) is 0 Å². The lowest BCUT2D eigenvalue weighted by Gasteiger charge is -2.08. The lowest BCUT2D eigenvalue weighted by Crippen LogP contribution is -2.03. The molecular weight excluding hydrogens is 198 g/mol. The van der Waals surface area contributed by atoms with Crippen molar-refractivity contribution < 1.29 is 4.74 Å². The Labute approximate surface area is 96.7 Å². The second-order valence-corrected chi connectivity index (χ2v) is 3.78. The van der Waals surface area contributed by atoms with Gasteiger partial charge in [0.05, 0.1) is 12.3 Å². The fraction of sp³-hybridized carbons (Fsp3) is 0.357. The molecule has 16 heavy (non-hydrogen) atoms. The fourth-order valence-corrected chi connectivity index (χ4v) is 1.81. The Balaban J connectivity index is 2.21. The zero-order chi connectivity index (χ0) is 11.2. The first-order valence-electron chi connectivity index (χ1n) is 5.83. The van der Waals surface area contributed by atoms with Crippen molar-refractivity contribution in [3.8, 4) is 0 Å². The molecule has 0 saturated carbocycles. The maximum absolute atomic E-state index is 5.66. The molecule has 1 aromatic rings. The SMILES string of the molecule is CCOC(=Cc1ccccc1)C1=NCCC1. The number of rotatable bonds is 4. The highest BCUT2D eigenvalue weighted by Crippen LogP contribution is 2.16. The third-order valence-corrected chi connectivity index (χ3v) is 2.56. The maximum Gasteiger partial charge on any atom is 0.140 e. The van der Waals surface area contributed by atoms with Gasteiger partial charge >= 0.3 is 0 Å². The molecule has 0 N–H and O–H groups in total. The summed E-state index contributed by atoms with van der Waals surface area (Å²) in [4.78, 5) is 4.47.